The molecule has 0 unspecified atom stereocenters. The average Bonchev–Trinajstić information content (AvgIpc) is 2.69. The first kappa shape index (κ1) is 20.8. The summed E-state index contributed by atoms with van der Waals surface area (Å²) in [6, 6.07) is 14.3. The lowest BCUT2D eigenvalue weighted by atomic mass is 10.2. The Hall–Kier alpha value is -2.97. The Morgan fingerprint density at radius 3 is 2.41 bits per heavy atom. The molecule has 0 atom stereocenters. The number of nitrogens with one attached hydrogen (secondary N) is 1. The van der Waals surface area contributed by atoms with Crippen molar-refractivity contribution in [2.45, 2.75) is 4.90 Å². The molecule has 0 bridgehead atoms. The summed E-state index contributed by atoms with van der Waals surface area (Å²) in [6.07, 6.45) is 0. The van der Waals surface area contributed by atoms with Crippen molar-refractivity contribution < 1.29 is 22.0 Å². The van der Waals surface area contributed by atoms with Gasteiger partial charge in [0.05, 0.1) is 16.3 Å². The van der Waals surface area contributed by atoms with Gasteiger partial charge in [0.1, 0.15) is 11.6 Å². The summed E-state index contributed by atoms with van der Waals surface area (Å²) >= 11 is 5.92. The van der Waals surface area contributed by atoms with Crippen LogP contribution in [0.1, 0.15) is 10.4 Å². The SMILES string of the molecule is CN(c1cccc(Cl)c1)S(=O)(=O)c1cccc(C(=O)Nc2ccc(F)cc2F)c1. The number of carbonyl (C=O) groups excluding carboxylic acids is 1. The van der Waals surface area contributed by atoms with E-state index >= 15 is 0 Å². The normalized spacial score (nSPS) is 11.2. The highest BCUT2D eigenvalue weighted by atomic mass is 35.5. The Balaban J connectivity index is 1.89. The molecule has 0 spiro atoms. The smallest absolute Gasteiger partial charge is 0.264 e. The van der Waals surface area contributed by atoms with E-state index in [0.717, 1.165) is 16.4 Å². The standard InChI is InChI=1S/C20H15ClF2N2O3S/c1-25(16-6-3-5-14(21)11-16)29(27,28)17-7-2-4-13(10-17)20(26)24-19-9-8-15(22)12-18(19)23/h2-12H,1H3,(H,24,26). The van der Waals surface area contributed by atoms with Crippen molar-refractivity contribution >= 4 is 38.9 Å². The number of hydrogen-bond acceptors (Lipinski definition) is 3. The lowest BCUT2D eigenvalue weighted by molar-refractivity contribution is 0.102. The molecule has 0 radical (unpaired) electrons. The van der Waals surface area contributed by atoms with E-state index in [2.05, 4.69) is 5.32 Å². The minimum Gasteiger partial charge on any atom is -0.319 e. The number of amides is 1. The highest BCUT2D eigenvalue weighted by molar-refractivity contribution is 7.92. The third-order valence-electron chi connectivity index (χ3n) is 4.11. The summed E-state index contributed by atoms with van der Waals surface area (Å²) in [5, 5.41) is 2.67. The van der Waals surface area contributed by atoms with Crippen LogP contribution in [0.15, 0.2) is 71.6 Å². The molecule has 3 aromatic rings. The third-order valence-corrected chi connectivity index (χ3v) is 6.12. The third kappa shape index (κ3) is 4.55. The van der Waals surface area contributed by atoms with E-state index in [1.165, 1.54) is 37.4 Å². The molecule has 0 aliphatic carbocycles. The number of benzene rings is 3. The van der Waals surface area contributed by atoms with Gasteiger partial charge in [0.25, 0.3) is 15.9 Å². The van der Waals surface area contributed by atoms with Gasteiger partial charge in [-0.3, -0.25) is 9.10 Å². The Morgan fingerprint density at radius 2 is 1.72 bits per heavy atom. The molecule has 0 saturated carbocycles. The van der Waals surface area contributed by atoms with Crippen molar-refractivity contribution in [3.8, 4) is 0 Å². The van der Waals surface area contributed by atoms with Crippen LogP contribution < -0.4 is 9.62 Å². The van der Waals surface area contributed by atoms with Gasteiger partial charge in [-0.15, -0.1) is 0 Å². The van der Waals surface area contributed by atoms with Gasteiger partial charge in [0.15, 0.2) is 0 Å². The van der Waals surface area contributed by atoms with E-state index in [9.17, 15) is 22.0 Å². The van der Waals surface area contributed by atoms with E-state index < -0.39 is 27.6 Å². The second-order valence-corrected chi connectivity index (χ2v) is 8.46. The maximum Gasteiger partial charge on any atom is 0.264 e. The number of rotatable bonds is 5. The minimum atomic E-state index is -3.98. The van der Waals surface area contributed by atoms with Crippen molar-refractivity contribution in [1.29, 1.82) is 0 Å². The molecule has 0 aromatic heterocycles. The molecular formula is C20H15ClF2N2O3S. The van der Waals surface area contributed by atoms with Gasteiger partial charge in [-0.05, 0) is 48.5 Å². The van der Waals surface area contributed by atoms with E-state index in [1.54, 1.807) is 18.2 Å². The Morgan fingerprint density at radius 1 is 1.00 bits per heavy atom. The van der Waals surface area contributed by atoms with Gasteiger partial charge in [-0.25, -0.2) is 17.2 Å². The fourth-order valence-corrected chi connectivity index (χ4v) is 3.97. The van der Waals surface area contributed by atoms with Crippen LogP contribution in [0.3, 0.4) is 0 Å². The molecule has 5 nitrogen and oxygen atoms in total. The second-order valence-electron chi connectivity index (χ2n) is 6.06. The van der Waals surface area contributed by atoms with Crippen LogP contribution >= 0.6 is 11.6 Å². The lowest BCUT2D eigenvalue weighted by Crippen LogP contribution is -2.27. The molecule has 3 aromatic carbocycles. The maximum absolute atomic E-state index is 13.8. The fraction of sp³-hybridized carbons (Fsp3) is 0.0500. The summed E-state index contributed by atoms with van der Waals surface area (Å²) in [5.74, 6) is -2.46. The molecular weight excluding hydrogens is 422 g/mol. The predicted molar refractivity (Wildman–Crippen MR) is 108 cm³/mol. The Bertz CT molecular complexity index is 1190. The number of sulfonamides is 1. The van der Waals surface area contributed by atoms with Crippen LogP contribution in [0.2, 0.25) is 5.02 Å². The lowest BCUT2D eigenvalue weighted by Gasteiger charge is -2.20. The van der Waals surface area contributed by atoms with E-state index in [-0.39, 0.29) is 16.1 Å². The molecule has 9 heteroatoms. The first-order chi connectivity index (χ1) is 13.7. The monoisotopic (exact) mass is 436 g/mol. The summed E-state index contributed by atoms with van der Waals surface area (Å²) in [6.45, 7) is 0. The number of hydrogen-bond donors (Lipinski definition) is 1. The Labute approximate surface area is 171 Å². The maximum atomic E-state index is 13.8. The predicted octanol–water partition coefficient (Wildman–Crippen LogP) is 4.70. The van der Waals surface area contributed by atoms with Crippen LogP contribution in [0.5, 0.6) is 0 Å². The van der Waals surface area contributed by atoms with Crippen LogP contribution in [0.4, 0.5) is 20.2 Å². The van der Waals surface area contributed by atoms with Crippen LogP contribution in [-0.2, 0) is 10.0 Å². The largest absolute Gasteiger partial charge is 0.319 e. The molecule has 0 aliphatic rings. The molecule has 0 heterocycles. The van der Waals surface area contributed by atoms with Crippen LogP contribution in [0, 0.1) is 11.6 Å². The quantitative estimate of drug-likeness (QED) is 0.630. The minimum absolute atomic E-state index is 0.00528. The van der Waals surface area contributed by atoms with Crippen LogP contribution in [-0.4, -0.2) is 21.4 Å². The van der Waals surface area contributed by atoms with Crippen LogP contribution in [0.25, 0.3) is 0 Å². The number of nitrogens with zero attached hydrogens (tertiary/aromatic N) is 1. The highest BCUT2D eigenvalue weighted by Gasteiger charge is 2.23. The summed E-state index contributed by atoms with van der Waals surface area (Å²) < 4.78 is 53.6. The molecule has 1 N–H and O–H groups in total. The number of halogens is 3. The second kappa shape index (κ2) is 8.18. The van der Waals surface area contributed by atoms with Crippen molar-refractivity contribution in [3.63, 3.8) is 0 Å². The van der Waals surface area contributed by atoms with Crippen molar-refractivity contribution in [2.24, 2.45) is 0 Å². The first-order valence-electron chi connectivity index (χ1n) is 8.29. The number of anilines is 2. The molecule has 1 amide bonds. The zero-order valence-corrected chi connectivity index (χ0v) is 16.6. The first-order valence-corrected chi connectivity index (χ1v) is 10.1. The van der Waals surface area contributed by atoms with E-state index in [4.69, 9.17) is 11.6 Å². The molecule has 3 rings (SSSR count). The number of carbonyl (C=O) groups is 1. The average molecular weight is 437 g/mol. The molecule has 29 heavy (non-hydrogen) atoms. The molecule has 0 fully saturated rings. The van der Waals surface area contributed by atoms with Crippen molar-refractivity contribution in [2.75, 3.05) is 16.7 Å². The highest BCUT2D eigenvalue weighted by Crippen LogP contribution is 2.25. The Kier molecular flexibility index (Phi) is 5.86. The topological polar surface area (TPSA) is 66.5 Å². The molecule has 0 aliphatic heterocycles. The van der Waals surface area contributed by atoms with Gasteiger partial charge >= 0.3 is 0 Å². The molecule has 0 saturated heterocycles. The zero-order chi connectivity index (χ0) is 21.2. The summed E-state index contributed by atoms with van der Waals surface area (Å²) in [4.78, 5) is 12.3. The molecule has 150 valence electrons. The van der Waals surface area contributed by atoms with Gasteiger partial charge < -0.3 is 5.32 Å². The van der Waals surface area contributed by atoms with Gasteiger partial charge in [0, 0.05) is 23.7 Å². The van der Waals surface area contributed by atoms with E-state index in [0.29, 0.717) is 16.8 Å². The van der Waals surface area contributed by atoms with Crippen molar-refractivity contribution in [3.05, 3.63) is 89.0 Å². The summed E-state index contributed by atoms with van der Waals surface area (Å²) in [5.41, 5.74) is 0.121. The zero-order valence-electron chi connectivity index (χ0n) is 15.1. The van der Waals surface area contributed by atoms with Crippen molar-refractivity contribution in [1.82, 2.24) is 0 Å². The fourth-order valence-electron chi connectivity index (χ4n) is 2.55. The summed E-state index contributed by atoms with van der Waals surface area (Å²) in [7, 11) is -2.62. The van der Waals surface area contributed by atoms with Gasteiger partial charge in [-0.1, -0.05) is 23.7 Å². The van der Waals surface area contributed by atoms with Gasteiger partial charge in [-0.2, -0.15) is 0 Å². The van der Waals surface area contributed by atoms with E-state index in [1.807, 2.05) is 0 Å². The van der Waals surface area contributed by atoms with Gasteiger partial charge in [0.2, 0.25) is 0 Å².